The van der Waals surface area contributed by atoms with E-state index in [9.17, 15) is 4.79 Å². The van der Waals surface area contributed by atoms with Crippen molar-refractivity contribution >= 4 is 31.9 Å². The van der Waals surface area contributed by atoms with Crippen LogP contribution in [0.3, 0.4) is 0 Å². The lowest BCUT2D eigenvalue weighted by Gasteiger charge is -2.16. The van der Waals surface area contributed by atoms with Crippen molar-refractivity contribution in [2.45, 2.75) is 31.3 Å². The van der Waals surface area contributed by atoms with Crippen LogP contribution in [0, 0.1) is 17.2 Å². The molecule has 5 rings (SSSR count). The van der Waals surface area contributed by atoms with E-state index in [1.54, 1.807) is 30.6 Å². The zero-order valence-electron chi connectivity index (χ0n) is 16.3. The van der Waals surface area contributed by atoms with Crippen molar-refractivity contribution in [2.24, 2.45) is 5.92 Å². The van der Waals surface area contributed by atoms with E-state index in [0.717, 1.165) is 6.42 Å². The number of hydrogen-bond donors (Lipinski definition) is 1. The second-order valence-corrected chi connectivity index (χ2v) is 7.93. The number of fused-ring (bicyclic) bond motifs is 2. The van der Waals surface area contributed by atoms with Gasteiger partial charge in [-0.2, -0.15) is 5.26 Å². The third-order valence-corrected chi connectivity index (χ3v) is 6.00. The minimum absolute atomic E-state index is 0.0219. The van der Waals surface area contributed by atoms with Crippen LogP contribution in [-0.4, -0.2) is 44.2 Å². The molecule has 1 amide bonds. The minimum atomic E-state index is -0.258. The number of aromatic nitrogens is 4. The molecular weight excluding hydrogens is 419 g/mol. The Labute approximate surface area is 179 Å². The molecule has 1 saturated heterocycles. The third-order valence-electron chi connectivity index (χ3n) is 5.31. The number of anilines is 1. The molecule has 0 bridgehead atoms. The Balaban J connectivity index is 1.23. The Morgan fingerprint density at radius 2 is 2.19 bits per heavy atom. The van der Waals surface area contributed by atoms with E-state index in [1.807, 2.05) is 16.7 Å². The number of carbonyl (C=O) groups is 1. The van der Waals surface area contributed by atoms with Gasteiger partial charge in [0.2, 0.25) is 0 Å². The van der Waals surface area contributed by atoms with Gasteiger partial charge in [-0.05, 0) is 12.1 Å². The van der Waals surface area contributed by atoms with Crippen molar-refractivity contribution in [3.63, 3.8) is 0 Å². The molecule has 0 spiro atoms. The number of amides is 1. The maximum atomic E-state index is 12.5. The quantitative estimate of drug-likeness (QED) is 0.421. The molecule has 3 aromatic rings. The maximum absolute atomic E-state index is 12.5. The van der Waals surface area contributed by atoms with Crippen LogP contribution in [0.4, 0.5) is 5.82 Å². The summed E-state index contributed by atoms with van der Waals surface area (Å²) in [6.45, 7) is 0.379. The van der Waals surface area contributed by atoms with Crippen LogP contribution in [0.2, 0.25) is 0 Å². The number of rotatable bonds is 8. The van der Waals surface area contributed by atoms with Crippen molar-refractivity contribution in [3.8, 4) is 6.07 Å². The van der Waals surface area contributed by atoms with Gasteiger partial charge in [0.15, 0.2) is 26.0 Å². The molecule has 2 aromatic heterocycles. The third kappa shape index (κ3) is 4.01. The molecule has 1 saturated carbocycles. The first-order chi connectivity index (χ1) is 15.3. The van der Waals surface area contributed by atoms with Crippen molar-refractivity contribution in [1.82, 2.24) is 19.5 Å². The van der Waals surface area contributed by atoms with Gasteiger partial charge in [-0.15, -0.1) is 0 Å². The summed E-state index contributed by atoms with van der Waals surface area (Å²) >= 11 is 0. The summed E-state index contributed by atoms with van der Waals surface area (Å²) in [5, 5.41) is 11.3. The van der Waals surface area contributed by atoms with E-state index < -0.39 is 0 Å². The van der Waals surface area contributed by atoms with E-state index in [1.165, 1.54) is 6.33 Å². The first kappa shape index (κ1) is 20.0. The van der Waals surface area contributed by atoms with Crippen LogP contribution in [0.15, 0.2) is 43.0 Å². The Hall–Kier alpha value is -2.96. The number of hydrogen-bond acceptors (Lipinski definition) is 8. The fourth-order valence-corrected chi connectivity index (χ4v) is 4.39. The SMILES string of the molecule is N#CCCOPOC1C2C[C@H](n3cnc4c(NC(=O)c5ccccc5)ncnc43)O[C@@H]21. The lowest BCUT2D eigenvalue weighted by Crippen LogP contribution is -2.15. The standard InChI is InChI=1S/C20H19N6O4P/c21-7-4-8-28-31-30-17-13-9-14(29-16(13)17)26-11-24-15-18(22-10-23-19(15)26)25-20(27)12-5-2-1-3-6-12/h1-3,5-6,10-11,13-14,16-17,31H,4,8-9H2,(H,22,23,25,27)/t13?,14-,16+,17?/m1/s1. The van der Waals surface area contributed by atoms with Crippen molar-refractivity contribution < 1.29 is 18.6 Å². The Bertz CT molecular complexity index is 1120. The number of imidazole rings is 1. The monoisotopic (exact) mass is 438 g/mol. The summed E-state index contributed by atoms with van der Waals surface area (Å²) in [7, 11) is -0.0845. The van der Waals surface area contributed by atoms with Crippen LogP contribution in [0.5, 0.6) is 0 Å². The maximum Gasteiger partial charge on any atom is 0.256 e. The van der Waals surface area contributed by atoms with Crippen LogP contribution in [0.25, 0.3) is 11.2 Å². The van der Waals surface area contributed by atoms with Crippen molar-refractivity contribution in [3.05, 3.63) is 48.5 Å². The summed E-state index contributed by atoms with van der Waals surface area (Å²) in [4.78, 5) is 25.4. The molecule has 1 N–H and O–H groups in total. The van der Waals surface area contributed by atoms with Crippen molar-refractivity contribution in [2.75, 3.05) is 11.9 Å². The fourth-order valence-electron chi connectivity index (χ4n) is 3.71. The lowest BCUT2D eigenvalue weighted by atomic mass is 10.2. The molecule has 11 heteroatoms. The van der Waals surface area contributed by atoms with Crippen LogP contribution in [0.1, 0.15) is 29.4 Å². The molecule has 0 radical (unpaired) electrons. The molecule has 1 aliphatic heterocycles. The Morgan fingerprint density at radius 3 is 2.97 bits per heavy atom. The van der Waals surface area contributed by atoms with Gasteiger partial charge in [-0.3, -0.25) is 9.36 Å². The summed E-state index contributed by atoms with van der Waals surface area (Å²) in [6.07, 6.45) is 4.05. The molecule has 1 aromatic carbocycles. The average molecular weight is 438 g/mol. The van der Waals surface area contributed by atoms with Crippen molar-refractivity contribution in [1.29, 1.82) is 5.26 Å². The number of nitrogens with zero attached hydrogens (tertiary/aromatic N) is 5. The Kier molecular flexibility index (Phi) is 5.57. The van der Waals surface area contributed by atoms with E-state index in [0.29, 0.717) is 41.5 Å². The van der Waals surface area contributed by atoms with Gasteiger partial charge in [0.05, 0.1) is 37.6 Å². The largest absolute Gasteiger partial charge is 0.352 e. The molecule has 2 aliphatic rings. The predicted molar refractivity (Wildman–Crippen MR) is 111 cm³/mol. The highest BCUT2D eigenvalue weighted by molar-refractivity contribution is 7.26. The zero-order chi connectivity index (χ0) is 21.2. The smallest absolute Gasteiger partial charge is 0.256 e. The average Bonchev–Trinajstić information content (AvgIpc) is 3.13. The first-order valence-electron chi connectivity index (χ1n) is 9.85. The lowest BCUT2D eigenvalue weighted by molar-refractivity contribution is -0.00131. The molecule has 1 aliphatic carbocycles. The van der Waals surface area contributed by atoms with Crippen LogP contribution in [-0.2, 0) is 13.8 Å². The molecule has 5 atom stereocenters. The number of benzene rings is 1. The summed E-state index contributed by atoms with van der Waals surface area (Å²) < 4.78 is 19.0. The van der Waals surface area contributed by atoms with E-state index in [-0.39, 0.29) is 33.4 Å². The van der Waals surface area contributed by atoms with Gasteiger partial charge < -0.3 is 19.1 Å². The first-order valence-corrected chi connectivity index (χ1v) is 10.7. The molecule has 10 nitrogen and oxygen atoms in total. The second kappa shape index (κ2) is 8.65. The fraction of sp³-hybridized carbons (Fsp3) is 0.350. The molecule has 31 heavy (non-hydrogen) atoms. The molecule has 158 valence electrons. The summed E-state index contributed by atoms with van der Waals surface area (Å²) in [5.74, 6) is 0.401. The molecule has 3 heterocycles. The molecule has 3 unspecified atom stereocenters. The van der Waals surface area contributed by atoms with Gasteiger partial charge in [0.1, 0.15) is 12.6 Å². The topological polar surface area (TPSA) is 124 Å². The predicted octanol–water partition coefficient (Wildman–Crippen LogP) is 2.82. The minimum Gasteiger partial charge on any atom is -0.352 e. The molecular formula is C20H19N6O4P. The number of nitrogens with one attached hydrogen (secondary N) is 1. The van der Waals surface area contributed by atoms with E-state index >= 15 is 0 Å². The number of ether oxygens (including phenoxy) is 1. The summed E-state index contributed by atoms with van der Waals surface area (Å²) in [5.41, 5.74) is 1.65. The van der Waals surface area contributed by atoms with E-state index in [4.69, 9.17) is 19.0 Å². The van der Waals surface area contributed by atoms with Gasteiger partial charge in [0.25, 0.3) is 5.91 Å². The van der Waals surface area contributed by atoms with Crippen LogP contribution < -0.4 is 5.32 Å². The number of carbonyl (C=O) groups excluding carboxylic acids is 1. The molecule has 2 fully saturated rings. The van der Waals surface area contributed by atoms with E-state index in [2.05, 4.69) is 20.3 Å². The highest BCUT2D eigenvalue weighted by Crippen LogP contribution is 2.53. The highest BCUT2D eigenvalue weighted by atomic mass is 31.1. The van der Waals surface area contributed by atoms with Gasteiger partial charge >= 0.3 is 0 Å². The normalized spacial score (nSPS) is 24.4. The second-order valence-electron chi connectivity index (χ2n) is 7.24. The summed E-state index contributed by atoms with van der Waals surface area (Å²) in [6, 6.07) is 11.0. The number of nitriles is 1. The van der Waals surface area contributed by atoms with Crippen LogP contribution >= 0.6 is 9.03 Å². The van der Waals surface area contributed by atoms with Gasteiger partial charge in [0, 0.05) is 17.9 Å². The van der Waals surface area contributed by atoms with Gasteiger partial charge in [-0.25, -0.2) is 15.0 Å². The highest BCUT2D eigenvalue weighted by Gasteiger charge is 2.60. The zero-order valence-corrected chi connectivity index (χ0v) is 17.3. The van der Waals surface area contributed by atoms with Gasteiger partial charge in [-0.1, -0.05) is 18.2 Å². The Morgan fingerprint density at radius 1 is 1.32 bits per heavy atom.